The molecule has 1 rings (SSSR count). The molecule has 1 unspecified atom stereocenters. The summed E-state index contributed by atoms with van der Waals surface area (Å²) in [6.07, 6.45) is 1.51. The van der Waals surface area contributed by atoms with Gasteiger partial charge in [-0.3, -0.25) is 4.79 Å². The van der Waals surface area contributed by atoms with E-state index in [2.05, 4.69) is 9.72 Å². The van der Waals surface area contributed by atoms with Gasteiger partial charge in [0.25, 0.3) is 0 Å². The van der Waals surface area contributed by atoms with Crippen LogP contribution in [0.4, 0.5) is 5.69 Å². The zero-order valence-corrected chi connectivity index (χ0v) is 11.3. The van der Waals surface area contributed by atoms with Crippen LogP contribution in [-0.2, 0) is 9.53 Å². The van der Waals surface area contributed by atoms with E-state index in [4.69, 9.17) is 5.11 Å². The van der Waals surface area contributed by atoms with E-state index in [1.54, 1.807) is 19.1 Å². The molecule has 0 spiro atoms. The first-order valence-corrected chi connectivity index (χ1v) is 6.01. The number of nitrogens with zero attached hydrogens (tertiary/aromatic N) is 2. The van der Waals surface area contributed by atoms with E-state index in [9.17, 15) is 9.59 Å². The molecule has 0 amide bonds. The lowest BCUT2D eigenvalue weighted by molar-refractivity contribution is -0.140. The predicted octanol–water partition coefficient (Wildman–Crippen LogP) is 1.42. The van der Waals surface area contributed by atoms with Gasteiger partial charge in [-0.25, -0.2) is 9.78 Å². The van der Waals surface area contributed by atoms with E-state index in [1.807, 2.05) is 11.8 Å². The van der Waals surface area contributed by atoms with Crippen LogP contribution in [0.1, 0.15) is 24.3 Å². The number of aliphatic carboxylic acids is 1. The van der Waals surface area contributed by atoms with Gasteiger partial charge in [0, 0.05) is 25.0 Å². The number of rotatable bonds is 6. The summed E-state index contributed by atoms with van der Waals surface area (Å²) in [5.74, 6) is -1.85. The Morgan fingerprint density at radius 3 is 2.74 bits per heavy atom. The second kappa shape index (κ2) is 6.72. The second-order valence-electron chi connectivity index (χ2n) is 4.17. The Hall–Kier alpha value is -2.11. The Balaban J connectivity index is 2.92. The van der Waals surface area contributed by atoms with Crippen LogP contribution in [0.3, 0.4) is 0 Å². The van der Waals surface area contributed by atoms with Crippen molar-refractivity contribution in [2.24, 2.45) is 5.92 Å². The number of carbonyl (C=O) groups excluding carboxylic acids is 1. The average Bonchev–Trinajstić information content (AvgIpc) is 2.43. The molecule has 6 nitrogen and oxygen atoms in total. The maximum atomic E-state index is 11.4. The van der Waals surface area contributed by atoms with Gasteiger partial charge in [-0.15, -0.1) is 0 Å². The normalized spacial score (nSPS) is 11.7. The minimum atomic E-state index is -0.847. The fraction of sp³-hybridized carbons (Fsp3) is 0.462. The van der Waals surface area contributed by atoms with Crippen LogP contribution in [0, 0.1) is 5.92 Å². The van der Waals surface area contributed by atoms with Gasteiger partial charge in [0.2, 0.25) is 0 Å². The van der Waals surface area contributed by atoms with Crippen LogP contribution in [-0.4, -0.2) is 42.2 Å². The van der Waals surface area contributed by atoms with Crippen molar-refractivity contribution in [1.82, 2.24) is 4.98 Å². The lowest BCUT2D eigenvalue weighted by atomic mass is 10.1. The molecule has 1 aromatic heterocycles. The smallest absolute Gasteiger partial charge is 0.356 e. The highest BCUT2D eigenvalue weighted by atomic mass is 16.5. The number of carboxylic acid groups (broad SMARTS) is 1. The molecular formula is C13H18N2O4. The molecule has 0 aliphatic heterocycles. The molecular weight excluding hydrogens is 248 g/mol. The molecule has 0 radical (unpaired) electrons. The van der Waals surface area contributed by atoms with Gasteiger partial charge >= 0.3 is 11.9 Å². The summed E-state index contributed by atoms with van der Waals surface area (Å²) in [5.41, 5.74) is 0.965. The number of esters is 1. The SMILES string of the molecule is CCN(CC(C)C(=O)O)c1ccnc(C(=O)OC)c1. The van der Waals surface area contributed by atoms with E-state index in [1.165, 1.54) is 13.3 Å². The molecule has 0 bridgehead atoms. The van der Waals surface area contributed by atoms with E-state index >= 15 is 0 Å². The Kier molecular flexibility index (Phi) is 5.29. The molecule has 1 aromatic rings. The largest absolute Gasteiger partial charge is 0.481 e. The summed E-state index contributed by atoms with van der Waals surface area (Å²) < 4.78 is 4.61. The molecule has 1 atom stereocenters. The molecule has 104 valence electrons. The monoisotopic (exact) mass is 266 g/mol. The molecule has 0 aliphatic carbocycles. The third-order valence-electron chi connectivity index (χ3n) is 2.80. The van der Waals surface area contributed by atoms with Gasteiger partial charge in [-0.05, 0) is 19.1 Å². The molecule has 0 aliphatic rings. The van der Waals surface area contributed by atoms with Crippen LogP contribution < -0.4 is 4.90 Å². The minimum Gasteiger partial charge on any atom is -0.481 e. The van der Waals surface area contributed by atoms with E-state index in [0.29, 0.717) is 13.1 Å². The first kappa shape index (κ1) is 14.9. The van der Waals surface area contributed by atoms with E-state index < -0.39 is 17.9 Å². The molecule has 0 saturated carbocycles. The van der Waals surface area contributed by atoms with Crippen LogP contribution in [0.25, 0.3) is 0 Å². The fourth-order valence-corrected chi connectivity index (χ4v) is 1.66. The molecule has 1 N–H and O–H groups in total. The van der Waals surface area contributed by atoms with Gasteiger partial charge in [-0.1, -0.05) is 6.92 Å². The molecule has 6 heteroatoms. The van der Waals surface area contributed by atoms with E-state index in [0.717, 1.165) is 5.69 Å². The van der Waals surface area contributed by atoms with Gasteiger partial charge in [0.1, 0.15) is 5.69 Å². The number of methoxy groups -OCH3 is 1. The quantitative estimate of drug-likeness (QED) is 0.784. The summed E-state index contributed by atoms with van der Waals surface area (Å²) in [4.78, 5) is 28.1. The van der Waals surface area contributed by atoms with Crippen molar-refractivity contribution in [2.45, 2.75) is 13.8 Å². The lowest BCUT2D eigenvalue weighted by Crippen LogP contribution is -2.31. The number of anilines is 1. The van der Waals surface area contributed by atoms with Crippen molar-refractivity contribution in [3.8, 4) is 0 Å². The van der Waals surface area contributed by atoms with Gasteiger partial charge in [0.15, 0.2) is 0 Å². The average molecular weight is 266 g/mol. The summed E-state index contributed by atoms with van der Waals surface area (Å²) in [6.45, 7) is 4.58. The molecule has 19 heavy (non-hydrogen) atoms. The molecule has 1 heterocycles. The van der Waals surface area contributed by atoms with Gasteiger partial charge < -0.3 is 14.7 Å². The Morgan fingerprint density at radius 1 is 1.53 bits per heavy atom. The van der Waals surface area contributed by atoms with Crippen molar-refractivity contribution in [3.05, 3.63) is 24.0 Å². The number of carbonyl (C=O) groups is 2. The lowest BCUT2D eigenvalue weighted by Gasteiger charge is -2.25. The molecule has 0 aromatic carbocycles. The summed E-state index contributed by atoms with van der Waals surface area (Å²) in [7, 11) is 1.29. The second-order valence-corrected chi connectivity index (χ2v) is 4.17. The van der Waals surface area contributed by atoms with Gasteiger partial charge in [0.05, 0.1) is 13.0 Å². The maximum absolute atomic E-state index is 11.4. The van der Waals surface area contributed by atoms with Crippen LogP contribution in [0.2, 0.25) is 0 Å². The number of ether oxygens (including phenoxy) is 1. The van der Waals surface area contributed by atoms with E-state index in [-0.39, 0.29) is 5.69 Å². The van der Waals surface area contributed by atoms with Crippen molar-refractivity contribution in [2.75, 3.05) is 25.1 Å². The number of hydrogen-bond donors (Lipinski definition) is 1. The summed E-state index contributed by atoms with van der Waals surface area (Å²) in [5, 5.41) is 8.94. The zero-order valence-electron chi connectivity index (χ0n) is 11.3. The maximum Gasteiger partial charge on any atom is 0.356 e. The van der Waals surface area contributed by atoms with Crippen molar-refractivity contribution in [1.29, 1.82) is 0 Å². The first-order chi connectivity index (χ1) is 8.99. The van der Waals surface area contributed by atoms with Crippen LogP contribution >= 0.6 is 0 Å². The van der Waals surface area contributed by atoms with Crippen molar-refractivity contribution >= 4 is 17.6 Å². The number of pyridine rings is 1. The number of hydrogen-bond acceptors (Lipinski definition) is 5. The minimum absolute atomic E-state index is 0.210. The highest BCUT2D eigenvalue weighted by Gasteiger charge is 2.17. The standard InChI is InChI=1S/C13H18N2O4/c1-4-15(8-9(2)12(16)17)10-5-6-14-11(7-10)13(18)19-3/h5-7,9H,4,8H2,1-3H3,(H,16,17). The summed E-state index contributed by atoms with van der Waals surface area (Å²) >= 11 is 0. The van der Waals surface area contributed by atoms with Gasteiger partial charge in [-0.2, -0.15) is 0 Å². The third-order valence-corrected chi connectivity index (χ3v) is 2.80. The Morgan fingerprint density at radius 2 is 2.21 bits per heavy atom. The number of carboxylic acids is 1. The van der Waals surface area contributed by atoms with Crippen molar-refractivity contribution in [3.63, 3.8) is 0 Å². The predicted molar refractivity (Wildman–Crippen MR) is 70.3 cm³/mol. The number of aromatic nitrogens is 1. The van der Waals surface area contributed by atoms with Crippen molar-refractivity contribution < 1.29 is 19.4 Å². The zero-order chi connectivity index (χ0) is 14.4. The third kappa shape index (κ3) is 3.94. The molecule has 0 fully saturated rings. The highest BCUT2D eigenvalue weighted by Crippen LogP contribution is 2.16. The molecule has 0 saturated heterocycles. The Labute approximate surface area is 112 Å². The first-order valence-electron chi connectivity index (χ1n) is 6.01. The van der Waals surface area contributed by atoms with Crippen LogP contribution in [0.5, 0.6) is 0 Å². The highest BCUT2D eigenvalue weighted by molar-refractivity contribution is 5.88. The summed E-state index contributed by atoms with van der Waals surface area (Å²) in [6, 6.07) is 3.34. The van der Waals surface area contributed by atoms with Crippen LogP contribution in [0.15, 0.2) is 18.3 Å². The fourth-order valence-electron chi connectivity index (χ4n) is 1.66. The Bertz CT molecular complexity index is 462. The topological polar surface area (TPSA) is 79.7 Å².